The van der Waals surface area contributed by atoms with Gasteiger partial charge < -0.3 is 14.6 Å². The van der Waals surface area contributed by atoms with E-state index in [9.17, 15) is 14.7 Å². The molecule has 0 heterocycles. The maximum Gasteiger partial charge on any atom is 0.335 e. The fraction of sp³-hybridized carbons (Fsp3) is 0.366. The molecule has 1 saturated carbocycles. The van der Waals surface area contributed by atoms with Crippen molar-refractivity contribution in [2.45, 2.75) is 64.7 Å². The van der Waals surface area contributed by atoms with Crippen LogP contribution >= 0.6 is 0 Å². The van der Waals surface area contributed by atoms with Crippen molar-refractivity contribution in [3.05, 3.63) is 108 Å². The van der Waals surface area contributed by atoms with Gasteiger partial charge in [-0.2, -0.15) is 0 Å². The molecule has 4 aromatic rings. The highest BCUT2D eigenvalue weighted by Crippen LogP contribution is 2.40. The third-order valence-electron chi connectivity index (χ3n) is 9.60. The van der Waals surface area contributed by atoms with Gasteiger partial charge in [0.15, 0.2) is 0 Å². The lowest BCUT2D eigenvalue weighted by atomic mass is 9.74. The summed E-state index contributed by atoms with van der Waals surface area (Å²) in [6, 6.07) is 27.1. The summed E-state index contributed by atoms with van der Waals surface area (Å²) < 4.78 is 11.0. The lowest BCUT2D eigenvalue weighted by molar-refractivity contribution is -0.146. The van der Waals surface area contributed by atoms with Gasteiger partial charge in [-0.15, -0.1) is 0 Å². The molecule has 0 saturated heterocycles. The first-order valence-corrected chi connectivity index (χ1v) is 16.7. The van der Waals surface area contributed by atoms with Gasteiger partial charge in [-0.05, 0) is 106 Å². The normalized spacial score (nSPS) is 17.0. The van der Waals surface area contributed by atoms with E-state index in [2.05, 4.69) is 92.9 Å². The average Bonchev–Trinajstić information content (AvgIpc) is 3.10. The van der Waals surface area contributed by atoms with Crippen LogP contribution in [-0.4, -0.2) is 36.9 Å². The summed E-state index contributed by atoms with van der Waals surface area (Å²) in [5, 5.41) is 14.3. The predicted molar refractivity (Wildman–Crippen MR) is 187 cm³/mol. The van der Waals surface area contributed by atoms with Crippen LogP contribution < -0.4 is 0 Å². The molecule has 5 heteroatoms. The van der Waals surface area contributed by atoms with Gasteiger partial charge in [-0.1, -0.05) is 94.1 Å². The number of aliphatic hydroxyl groups is 1. The smallest absolute Gasteiger partial charge is 0.335 e. The molecule has 1 aliphatic rings. The van der Waals surface area contributed by atoms with Gasteiger partial charge >= 0.3 is 11.9 Å². The SMILES string of the molecule is C=C(CC)C(=O)OCC(COC(=O)C(=C)CO)C1CCC(c2ccc3cc(-c4ccc5cc(CCC)ccc5c4)ccc3c2)CC1. The molecule has 0 radical (unpaired) electrons. The van der Waals surface area contributed by atoms with E-state index in [1.165, 1.54) is 43.8 Å². The van der Waals surface area contributed by atoms with Crippen LogP contribution in [0.5, 0.6) is 0 Å². The summed E-state index contributed by atoms with van der Waals surface area (Å²) in [5.41, 5.74) is 5.63. The first-order valence-electron chi connectivity index (χ1n) is 16.7. The van der Waals surface area contributed by atoms with Crippen molar-refractivity contribution >= 4 is 33.5 Å². The van der Waals surface area contributed by atoms with Gasteiger partial charge in [-0.3, -0.25) is 0 Å². The summed E-state index contributed by atoms with van der Waals surface area (Å²) in [4.78, 5) is 24.5. The Kier molecular flexibility index (Phi) is 11.1. The number of ether oxygens (including phenoxy) is 2. The number of hydrogen-bond acceptors (Lipinski definition) is 5. The number of benzene rings is 4. The molecule has 0 spiro atoms. The molecule has 46 heavy (non-hydrogen) atoms. The van der Waals surface area contributed by atoms with Gasteiger partial charge in [0.1, 0.15) is 0 Å². The van der Waals surface area contributed by atoms with Crippen molar-refractivity contribution < 1.29 is 24.2 Å². The van der Waals surface area contributed by atoms with E-state index in [4.69, 9.17) is 9.47 Å². The van der Waals surface area contributed by atoms with Crippen LogP contribution in [0.1, 0.15) is 69.4 Å². The number of rotatable bonds is 13. The average molecular weight is 619 g/mol. The van der Waals surface area contributed by atoms with Crippen molar-refractivity contribution in [3.63, 3.8) is 0 Å². The Morgan fingerprint density at radius 2 is 1.28 bits per heavy atom. The zero-order valence-corrected chi connectivity index (χ0v) is 27.2. The summed E-state index contributed by atoms with van der Waals surface area (Å²) in [6.07, 6.45) is 6.69. The van der Waals surface area contributed by atoms with Gasteiger partial charge in [0, 0.05) is 11.5 Å². The van der Waals surface area contributed by atoms with Gasteiger partial charge in [0.2, 0.25) is 0 Å². The Bertz CT molecular complexity index is 1690. The van der Waals surface area contributed by atoms with E-state index in [1.54, 1.807) is 0 Å². The molecule has 1 atom stereocenters. The van der Waals surface area contributed by atoms with Crippen LogP contribution in [0.3, 0.4) is 0 Å². The maximum absolute atomic E-state index is 12.3. The third-order valence-corrected chi connectivity index (χ3v) is 9.60. The first-order chi connectivity index (χ1) is 22.3. The first kappa shape index (κ1) is 33.2. The van der Waals surface area contributed by atoms with Crippen molar-refractivity contribution in [1.29, 1.82) is 0 Å². The van der Waals surface area contributed by atoms with E-state index in [1.807, 2.05) is 6.92 Å². The van der Waals surface area contributed by atoms with E-state index in [0.717, 1.165) is 38.5 Å². The Balaban J connectivity index is 1.25. The quantitative estimate of drug-likeness (QED) is 0.120. The monoisotopic (exact) mass is 618 g/mol. The van der Waals surface area contributed by atoms with Crippen molar-refractivity contribution in [2.24, 2.45) is 11.8 Å². The molecular formula is C41H46O5. The molecule has 0 aromatic heterocycles. The fourth-order valence-corrected chi connectivity index (χ4v) is 6.64. The van der Waals surface area contributed by atoms with E-state index >= 15 is 0 Å². The van der Waals surface area contributed by atoms with Crippen LogP contribution in [0.4, 0.5) is 0 Å². The zero-order chi connectivity index (χ0) is 32.6. The fourth-order valence-electron chi connectivity index (χ4n) is 6.64. The number of esters is 2. The molecule has 5 rings (SSSR count). The van der Waals surface area contributed by atoms with E-state index < -0.39 is 18.5 Å². The Morgan fingerprint density at radius 1 is 0.739 bits per heavy atom. The van der Waals surface area contributed by atoms with Crippen molar-refractivity contribution in [2.75, 3.05) is 19.8 Å². The van der Waals surface area contributed by atoms with E-state index in [0.29, 0.717) is 17.9 Å². The molecule has 0 amide bonds. The van der Waals surface area contributed by atoms with Gasteiger partial charge in [0.25, 0.3) is 0 Å². The summed E-state index contributed by atoms with van der Waals surface area (Å²) in [6.45, 7) is 11.3. The highest BCUT2D eigenvalue weighted by Gasteiger charge is 2.30. The largest absolute Gasteiger partial charge is 0.462 e. The molecule has 1 fully saturated rings. The number of fused-ring (bicyclic) bond motifs is 2. The molecule has 4 aromatic carbocycles. The van der Waals surface area contributed by atoms with Crippen molar-refractivity contribution in [1.82, 2.24) is 0 Å². The van der Waals surface area contributed by atoms with Gasteiger partial charge in [0.05, 0.1) is 25.4 Å². The Morgan fingerprint density at radius 3 is 1.87 bits per heavy atom. The minimum atomic E-state index is -0.619. The molecule has 1 aliphatic carbocycles. The number of carbonyl (C=O) groups excluding carboxylic acids is 2. The number of hydrogen-bond donors (Lipinski definition) is 1. The van der Waals surface area contributed by atoms with Crippen LogP contribution in [0, 0.1) is 11.8 Å². The lowest BCUT2D eigenvalue weighted by Gasteiger charge is -2.34. The molecular weight excluding hydrogens is 572 g/mol. The summed E-state index contributed by atoms with van der Waals surface area (Å²) in [7, 11) is 0. The minimum Gasteiger partial charge on any atom is -0.462 e. The second-order valence-corrected chi connectivity index (χ2v) is 12.8. The van der Waals surface area contributed by atoms with Crippen LogP contribution in [0.2, 0.25) is 0 Å². The lowest BCUT2D eigenvalue weighted by Crippen LogP contribution is -2.31. The summed E-state index contributed by atoms with van der Waals surface area (Å²) in [5.74, 6) is -0.469. The molecule has 1 N–H and O–H groups in total. The molecule has 0 bridgehead atoms. The summed E-state index contributed by atoms with van der Waals surface area (Å²) >= 11 is 0. The van der Waals surface area contributed by atoms with E-state index in [-0.39, 0.29) is 30.6 Å². The molecule has 0 aliphatic heterocycles. The standard InChI is InChI=1S/C41H46O5/c1-5-7-29-8-9-34-22-36(16-14-32(34)20-29)38-19-18-35-21-33(15-17-37(35)23-38)30-10-12-31(13-11-30)39(25-45-40(43)27(3)6-2)26-46-41(44)28(4)24-42/h8-9,14-23,30-31,39,42H,3-7,10-13,24-26H2,1-2H3. The molecule has 240 valence electrons. The highest BCUT2D eigenvalue weighted by molar-refractivity contribution is 5.92. The Hall–Kier alpha value is -4.22. The van der Waals surface area contributed by atoms with Crippen LogP contribution in [0.25, 0.3) is 32.7 Å². The van der Waals surface area contributed by atoms with Crippen LogP contribution in [-0.2, 0) is 25.5 Å². The Labute approximate surface area is 272 Å². The highest BCUT2D eigenvalue weighted by atomic mass is 16.5. The topological polar surface area (TPSA) is 72.8 Å². The van der Waals surface area contributed by atoms with Gasteiger partial charge in [-0.25, -0.2) is 9.59 Å². The van der Waals surface area contributed by atoms with Crippen molar-refractivity contribution in [3.8, 4) is 11.1 Å². The maximum atomic E-state index is 12.3. The second-order valence-electron chi connectivity index (χ2n) is 12.8. The minimum absolute atomic E-state index is 0.0143. The number of aliphatic hydroxyl groups excluding tert-OH is 1. The molecule has 1 unspecified atom stereocenters. The molecule has 5 nitrogen and oxygen atoms in total. The third kappa shape index (κ3) is 7.94. The zero-order valence-electron chi connectivity index (χ0n) is 27.2. The number of carbonyl (C=O) groups is 2. The second kappa shape index (κ2) is 15.4. The predicted octanol–water partition coefficient (Wildman–Crippen LogP) is 9.10. The number of aryl methyl sites for hydroxylation is 1. The van der Waals surface area contributed by atoms with Crippen LogP contribution in [0.15, 0.2) is 97.1 Å².